The van der Waals surface area contributed by atoms with Gasteiger partial charge in [-0.3, -0.25) is 9.36 Å². The maximum atomic E-state index is 13.3. The SMILES string of the molecule is CCn1c(OCC2CCC(F)(F)CC2)nn2c(N3CCCC3)ncc2c1=O. The molecule has 2 aromatic heterocycles. The number of alkyl halides is 2. The van der Waals surface area contributed by atoms with Crippen LogP contribution in [0.1, 0.15) is 45.4 Å². The molecule has 0 N–H and O–H groups in total. The molecule has 0 aromatic carbocycles. The van der Waals surface area contributed by atoms with Crippen molar-refractivity contribution in [3.8, 4) is 6.01 Å². The molecule has 0 amide bonds. The van der Waals surface area contributed by atoms with Gasteiger partial charge in [0.25, 0.3) is 5.56 Å². The summed E-state index contributed by atoms with van der Waals surface area (Å²) in [6.07, 6.45) is 4.39. The highest BCUT2D eigenvalue weighted by molar-refractivity contribution is 5.51. The van der Waals surface area contributed by atoms with Crippen LogP contribution in [0.2, 0.25) is 0 Å². The van der Waals surface area contributed by atoms with Crippen LogP contribution in [-0.4, -0.2) is 44.8 Å². The summed E-state index contributed by atoms with van der Waals surface area (Å²) in [6.45, 7) is 4.35. The van der Waals surface area contributed by atoms with E-state index >= 15 is 0 Å². The molecule has 0 spiro atoms. The van der Waals surface area contributed by atoms with E-state index in [0.29, 0.717) is 37.5 Å². The molecule has 2 fully saturated rings. The Morgan fingerprint density at radius 2 is 1.96 bits per heavy atom. The van der Waals surface area contributed by atoms with E-state index in [0.717, 1.165) is 25.9 Å². The Hall–Kier alpha value is -2.19. The molecule has 9 heteroatoms. The summed E-state index contributed by atoms with van der Waals surface area (Å²) >= 11 is 0. The minimum absolute atomic E-state index is 0.0587. The summed E-state index contributed by atoms with van der Waals surface area (Å²) in [5.41, 5.74) is 0.221. The normalized spacial score (nSPS) is 20.5. The van der Waals surface area contributed by atoms with E-state index < -0.39 is 5.92 Å². The Bertz CT molecular complexity index is 862. The lowest BCUT2D eigenvalue weighted by Crippen LogP contribution is -2.30. The molecule has 0 atom stereocenters. The van der Waals surface area contributed by atoms with Crippen molar-refractivity contribution in [1.82, 2.24) is 19.2 Å². The van der Waals surface area contributed by atoms with Crippen molar-refractivity contribution in [1.29, 1.82) is 0 Å². The Balaban J connectivity index is 1.59. The maximum Gasteiger partial charge on any atom is 0.317 e. The molecule has 0 radical (unpaired) electrons. The third kappa shape index (κ3) is 3.51. The van der Waals surface area contributed by atoms with Crippen molar-refractivity contribution in [3.05, 3.63) is 16.6 Å². The zero-order valence-corrected chi connectivity index (χ0v) is 15.5. The smallest absolute Gasteiger partial charge is 0.317 e. The predicted molar refractivity (Wildman–Crippen MR) is 96.8 cm³/mol. The zero-order chi connectivity index (χ0) is 19.0. The minimum atomic E-state index is -2.55. The Labute approximate surface area is 155 Å². The zero-order valence-electron chi connectivity index (χ0n) is 15.5. The van der Waals surface area contributed by atoms with Crippen LogP contribution in [0.25, 0.3) is 5.52 Å². The van der Waals surface area contributed by atoms with Crippen LogP contribution in [0, 0.1) is 5.92 Å². The lowest BCUT2D eigenvalue weighted by Gasteiger charge is -2.28. The van der Waals surface area contributed by atoms with Crippen molar-refractivity contribution in [2.24, 2.45) is 5.92 Å². The first-order chi connectivity index (χ1) is 13.0. The maximum absolute atomic E-state index is 13.3. The summed E-state index contributed by atoms with van der Waals surface area (Å²) in [5, 5.41) is 4.53. The second kappa shape index (κ2) is 7.09. The molecule has 148 valence electrons. The average molecular weight is 381 g/mol. The van der Waals surface area contributed by atoms with Crippen LogP contribution in [0.4, 0.5) is 14.7 Å². The van der Waals surface area contributed by atoms with Crippen molar-refractivity contribution in [2.75, 3.05) is 24.6 Å². The predicted octanol–water partition coefficient (Wildman–Crippen LogP) is 2.72. The van der Waals surface area contributed by atoms with Gasteiger partial charge in [-0.25, -0.2) is 13.8 Å². The molecule has 7 nitrogen and oxygen atoms in total. The van der Waals surface area contributed by atoms with Gasteiger partial charge in [-0.1, -0.05) is 0 Å². The van der Waals surface area contributed by atoms with E-state index in [4.69, 9.17) is 4.74 Å². The molecular weight excluding hydrogens is 356 g/mol. The van der Waals surface area contributed by atoms with Crippen molar-refractivity contribution < 1.29 is 13.5 Å². The van der Waals surface area contributed by atoms with Gasteiger partial charge in [0.05, 0.1) is 12.8 Å². The van der Waals surface area contributed by atoms with Gasteiger partial charge in [0.1, 0.15) is 0 Å². The van der Waals surface area contributed by atoms with Gasteiger partial charge in [-0.2, -0.15) is 4.52 Å². The number of hydrogen-bond acceptors (Lipinski definition) is 5. The van der Waals surface area contributed by atoms with Gasteiger partial charge < -0.3 is 9.64 Å². The van der Waals surface area contributed by atoms with Gasteiger partial charge >= 0.3 is 6.01 Å². The molecule has 1 aliphatic carbocycles. The van der Waals surface area contributed by atoms with Gasteiger partial charge in [0.2, 0.25) is 11.9 Å². The number of nitrogens with zero attached hydrogens (tertiary/aromatic N) is 5. The minimum Gasteiger partial charge on any atom is -0.463 e. The summed E-state index contributed by atoms with van der Waals surface area (Å²) in [5.74, 6) is -1.84. The first kappa shape index (κ1) is 18.2. The van der Waals surface area contributed by atoms with Gasteiger partial charge in [-0.15, -0.1) is 5.10 Å². The molecule has 27 heavy (non-hydrogen) atoms. The first-order valence-electron chi connectivity index (χ1n) is 9.72. The van der Waals surface area contributed by atoms with E-state index in [1.165, 1.54) is 4.57 Å². The topological polar surface area (TPSA) is 64.7 Å². The van der Waals surface area contributed by atoms with Gasteiger partial charge in [0, 0.05) is 32.5 Å². The number of fused-ring (bicyclic) bond motifs is 1. The summed E-state index contributed by atoms with van der Waals surface area (Å²) in [6, 6.07) is 0.228. The van der Waals surface area contributed by atoms with Gasteiger partial charge in [-0.05, 0) is 38.5 Å². The number of anilines is 1. The fourth-order valence-electron chi connectivity index (χ4n) is 3.92. The number of hydrogen-bond donors (Lipinski definition) is 0. The summed E-state index contributed by atoms with van der Waals surface area (Å²) < 4.78 is 35.5. The van der Waals surface area contributed by atoms with Gasteiger partial charge in [0.15, 0.2) is 5.52 Å². The summed E-state index contributed by atoms with van der Waals surface area (Å²) in [4.78, 5) is 19.3. The highest BCUT2D eigenvalue weighted by Gasteiger charge is 2.35. The van der Waals surface area contributed by atoms with Crippen LogP contribution < -0.4 is 15.2 Å². The van der Waals surface area contributed by atoms with Crippen LogP contribution in [0.5, 0.6) is 6.01 Å². The number of halogens is 2. The third-order valence-corrected chi connectivity index (χ3v) is 5.59. The van der Waals surface area contributed by atoms with Crippen molar-refractivity contribution >= 4 is 11.5 Å². The van der Waals surface area contributed by atoms with E-state index in [-0.39, 0.29) is 30.3 Å². The van der Waals surface area contributed by atoms with E-state index in [2.05, 4.69) is 15.0 Å². The molecule has 0 bridgehead atoms. The van der Waals surface area contributed by atoms with Crippen molar-refractivity contribution in [2.45, 2.75) is 57.9 Å². The number of aromatic nitrogens is 4. The Kier molecular flexibility index (Phi) is 4.77. The molecule has 1 saturated carbocycles. The molecule has 1 aliphatic heterocycles. The summed E-state index contributed by atoms with van der Waals surface area (Å²) in [7, 11) is 0. The third-order valence-electron chi connectivity index (χ3n) is 5.59. The Morgan fingerprint density at radius 1 is 1.26 bits per heavy atom. The monoisotopic (exact) mass is 381 g/mol. The van der Waals surface area contributed by atoms with Crippen LogP contribution in [-0.2, 0) is 6.54 Å². The Morgan fingerprint density at radius 3 is 2.63 bits per heavy atom. The number of imidazole rings is 1. The quantitative estimate of drug-likeness (QED) is 0.797. The molecule has 3 heterocycles. The van der Waals surface area contributed by atoms with Crippen LogP contribution in [0.15, 0.2) is 11.0 Å². The van der Waals surface area contributed by atoms with Crippen molar-refractivity contribution in [3.63, 3.8) is 0 Å². The largest absolute Gasteiger partial charge is 0.463 e. The second-order valence-electron chi connectivity index (χ2n) is 7.49. The van der Waals surface area contributed by atoms with E-state index in [1.54, 1.807) is 10.7 Å². The standard InChI is InChI=1S/C18H25F2N5O2/c1-2-24-15(26)14-11-21-16(23-9-3-4-10-23)25(14)22-17(24)27-12-13-5-7-18(19,20)8-6-13/h11,13H,2-10,12H2,1H3. The highest BCUT2D eigenvalue weighted by Crippen LogP contribution is 2.36. The van der Waals surface area contributed by atoms with E-state index in [9.17, 15) is 13.6 Å². The fraction of sp³-hybridized carbons (Fsp3) is 0.722. The molecule has 2 aliphatic rings. The molecule has 0 unspecified atom stereocenters. The number of ether oxygens (including phenoxy) is 1. The molecule has 2 aromatic rings. The van der Waals surface area contributed by atoms with Crippen LogP contribution in [0.3, 0.4) is 0 Å². The molecular formula is C18H25F2N5O2. The lowest BCUT2D eigenvalue weighted by atomic mass is 9.87. The van der Waals surface area contributed by atoms with Crippen LogP contribution >= 0.6 is 0 Å². The first-order valence-corrected chi connectivity index (χ1v) is 9.72. The van der Waals surface area contributed by atoms with E-state index in [1.807, 2.05) is 6.92 Å². The fourth-order valence-corrected chi connectivity index (χ4v) is 3.92. The highest BCUT2D eigenvalue weighted by atomic mass is 19.3. The second-order valence-corrected chi connectivity index (χ2v) is 7.49. The molecule has 1 saturated heterocycles. The average Bonchev–Trinajstić information content (AvgIpc) is 3.30. The lowest BCUT2D eigenvalue weighted by molar-refractivity contribution is -0.0503. The molecule has 4 rings (SSSR count). The number of rotatable bonds is 5.